The lowest BCUT2D eigenvalue weighted by atomic mass is 9.81. The minimum Gasteiger partial charge on any atom is -0.459 e. The van der Waals surface area contributed by atoms with Gasteiger partial charge in [-0.25, -0.2) is 19.2 Å². The van der Waals surface area contributed by atoms with Crippen molar-refractivity contribution in [3.63, 3.8) is 0 Å². The van der Waals surface area contributed by atoms with Crippen molar-refractivity contribution >= 4 is 23.9 Å². The average Bonchev–Trinajstić information content (AvgIpc) is 1.12. The molecular weight excluding hydrogens is 1110 g/mol. The summed E-state index contributed by atoms with van der Waals surface area (Å²) in [5, 5.41) is 0. The number of esters is 4. The van der Waals surface area contributed by atoms with E-state index in [1.807, 2.05) is 37.3 Å². The molecule has 0 amide bonds. The molecule has 8 rings (SSSR count). The molecule has 4 aliphatic rings. The van der Waals surface area contributed by atoms with Crippen LogP contribution in [0.1, 0.15) is 187 Å². The highest BCUT2D eigenvalue weighted by molar-refractivity contribution is 5.90. The summed E-state index contributed by atoms with van der Waals surface area (Å²) in [4.78, 5) is 58.5. The maximum Gasteiger partial charge on any atom is 0.338 e. The van der Waals surface area contributed by atoms with Crippen LogP contribution in [0.2, 0.25) is 0 Å². The molecule has 4 fully saturated rings. The Labute approximate surface area is 516 Å². The Kier molecular flexibility index (Phi) is 28.0. The lowest BCUT2D eigenvalue weighted by molar-refractivity contribution is -0.355. The number of ether oxygens (including phenoxy) is 12. The molecule has 0 spiro atoms. The Balaban J connectivity index is 1.23. The summed E-state index contributed by atoms with van der Waals surface area (Å²) in [6.07, 6.45) is 2.28. The summed E-state index contributed by atoms with van der Waals surface area (Å²) in [7, 11) is 0. The zero-order chi connectivity index (χ0) is 61.2. The van der Waals surface area contributed by atoms with Gasteiger partial charge < -0.3 is 56.8 Å². The van der Waals surface area contributed by atoms with E-state index >= 15 is 0 Å². The molecule has 87 heavy (non-hydrogen) atoms. The van der Waals surface area contributed by atoms with Gasteiger partial charge in [-0.15, -0.1) is 0 Å². The van der Waals surface area contributed by atoms with Gasteiger partial charge in [0.1, 0.15) is 43.7 Å². The second-order valence-electron chi connectivity index (χ2n) is 23.8. The molecule has 16 heteroatoms. The number of carbonyl (C=O) groups excluding carboxylic acids is 4. The predicted octanol–water partition coefficient (Wildman–Crippen LogP) is 13.5. The monoisotopic (exact) mass is 1200 g/mol. The van der Waals surface area contributed by atoms with Crippen molar-refractivity contribution in [3.05, 3.63) is 144 Å². The van der Waals surface area contributed by atoms with E-state index in [0.29, 0.717) is 26.2 Å². The van der Waals surface area contributed by atoms with Crippen LogP contribution >= 0.6 is 0 Å². The largest absolute Gasteiger partial charge is 0.459 e. The lowest BCUT2D eigenvalue weighted by Gasteiger charge is -2.49. The SMILES string of the molecule is CCCCOC1C(OCCCC)[C@H](OCCCC)C(C)O[C@H]1OC1C(CCCC)CCC[C@H]1O[C@@H]1OC(COC(=O)c2ccccc2)[C@H](OC(=O)c2ccccc2)C(O[C@@H](CC2CCCCC2)C(=O)OCc2ccccc2)C1OC(=O)c1ccccc1. The molecule has 476 valence electrons. The van der Waals surface area contributed by atoms with Gasteiger partial charge in [0.05, 0.1) is 35.0 Å². The molecule has 2 saturated carbocycles. The fourth-order valence-corrected chi connectivity index (χ4v) is 12.3. The maximum atomic E-state index is 14.9. The first kappa shape index (κ1) is 67.4. The Morgan fingerprint density at radius 3 is 1.61 bits per heavy atom. The Bertz CT molecular complexity index is 2600. The smallest absolute Gasteiger partial charge is 0.338 e. The van der Waals surface area contributed by atoms with Crippen molar-refractivity contribution in [1.29, 1.82) is 0 Å². The van der Waals surface area contributed by atoms with Gasteiger partial charge in [0, 0.05) is 19.8 Å². The van der Waals surface area contributed by atoms with Crippen molar-refractivity contribution in [2.24, 2.45) is 11.8 Å². The fourth-order valence-electron chi connectivity index (χ4n) is 12.3. The van der Waals surface area contributed by atoms with Crippen LogP contribution in [0.25, 0.3) is 0 Å². The third kappa shape index (κ3) is 20.0. The lowest BCUT2D eigenvalue weighted by Crippen LogP contribution is -2.65. The molecule has 0 bridgehead atoms. The molecule has 2 saturated heterocycles. The highest BCUT2D eigenvalue weighted by Crippen LogP contribution is 2.41. The number of rotatable bonds is 33. The summed E-state index contributed by atoms with van der Waals surface area (Å²) in [6.45, 7) is 11.6. The molecule has 16 nitrogen and oxygen atoms in total. The molecule has 2 aliphatic heterocycles. The number of hydrogen-bond acceptors (Lipinski definition) is 16. The standard InChI is InChI=1S/C71H96O16/c1-6-10-34-52-41-29-42-56(60(52)87-70-64(78-45-13-9-4)62(77-44-12-8-3)59(49(5)81-70)76-43-11-7-2)83-71-65(86-68(74)55-39-27-18-28-40-55)63(82-57(46-50-30-19-14-20-31-50)69(75)79-47-51-32-21-15-22-33-51)61(85-67(73)54-37-25-17-26-38-54)58(84-71)48-80-66(72)53-35-23-16-24-36-53/h15-18,21-28,32-33,35-40,49-50,52,56-65,70-71H,6-14,19-20,29-31,34,41-48H2,1-5H3/t49?,52?,56-,57+,58?,59-,60?,61+,62?,63?,64?,65?,70+,71-/m1/s1. The van der Waals surface area contributed by atoms with Crippen LogP contribution in [0.3, 0.4) is 0 Å². The molecule has 8 unspecified atom stereocenters. The number of hydrogen-bond donors (Lipinski definition) is 0. The van der Waals surface area contributed by atoms with Crippen molar-refractivity contribution in [2.45, 2.75) is 237 Å². The second kappa shape index (κ2) is 36.2. The van der Waals surface area contributed by atoms with Crippen molar-refractivity contribution < 1.29 is 76.0 Å². The van der Waals surface area contributed by atoms with Crippen LogP contribution in [0.4, 0.5) is 0 Å². The van der Waals surface area contributed by atoms with Crippen LogP contribution in [-0.4, -0.2) is 130 Å². The summed E-state index contributed by atoms with van der Waals surface area (Å²) >= 11 is 0. The first-order valence-electron chi connectivity index (χ1n) is 32.7. The quantitative estimate of drug-likeness (QED) is 0.0250. The zero-order valence-electron chi connectivity index (χ0n) is 52.0. The highest BCUT2D eigenvalue weighted by atomic mass is 16.8. The number of carbonyl (C=O) groups is 4. The van der Waals surface area contributed by atoms with Crippen LogP contribution < -0.4 is 0 Å². The van der Waals surface area contributed by atoms with Crippen LogP contribution in [0.5, 0.6) is 0 Å². The van der Waals surface area contributed by atoms with Gasteiger partial charge in [-0.2, -0.15) is 0 Å². The van der Waals surface area contributed by atoms with Gasteiger partial charge in [0.25, 0.3) is 0 Å². The number of benzene rings is 4. The third-order valence-corrected chi connectivity index (χ3v) is 17.1. The second-order valence-corrected chi connectivity index (χ2v) is 23.8. The van der Waals surface area contributed by atoms with Crippen molar-refractivity contribution in [3.8, 4) is 0 Å². The zero-order valence-corrected chi connectivity index (χ0v) is 52.0. The van der Waals surface area contributed by atoms with Gasteiger partial charge in [-0.1, -0.05) is 183 Å². The van der Waals surface area contributed by atoms with E-state index in [4.69, 9.17) is 56.8 Å². The minimum atomic E-state index is -1.53. The minimum absolute atomic E-state index is 0.0284. The van der Waals surface area contributed by atoms with Crippen LogP contribution in [-0.2, 0) is 68.2 Å². The van der Waals surface area contributed by atoms with E-state index in [9.17, 15) is 19.2 Å². The molecule has 4 aromatic rings. The van der Waals surface area contributed by atoms with E-state index in [2.05, 4.69) is 27.7 Å². The highest BCUT2D eigenvalue weighted by Gasteiger charge is 2.56. The number of unbranched alkanes of at least 4 members (excludes halogenated alkanes) is 4. The molecule has 2 heterocycles. The maximum absolute atomic E-state index is 14.9. The molecule has 0 radical (unpaired) electrons. The van der Waals surface area contributed by atoms with Gasteiger partial charge in [0.15, 0.2) is 30.9 Å². The summed E-state index contributed by atoms with van der Waals surface area (Å²) in [6, 6.07) is 34.9. The molecule has 0 N–H and O–H groups in total. The molecule has 2 aliphatic carbocycles. The van der Waals surface area contributed by atoms with E-state index < -0.39 is 110 Å². The Hall–Kier alpha value is -5.56. The predicted molar refractivity (Wildman–Crippen MR) is 328 cm³/mol. The van der Waals surface area contributed by atoms with Gasteiger partial charge in [-0.05, 0) is 106 Å². The molecule has 14 atom stereocenters. The normalized spacial score (nSPS) is 27.2. The Morgan fingerprint density at radius 1 is 0.494 bits per heavy atom. The van der Waals surface area contributed by atoms with E-state index in [1.165, 1.54) is 0 Å². The van der Waals surface area contributed by atoms with E-state index in [1.54, 1.807) is 91.0 Å². The molecule has 4 aromatic carbocycles. The van der Waals surface area contributed by atoms with E-state index in [-0.39, 0.29) is 41.6 Å². The molecular formula is C71H96O16. The first-order chi connectivity index (χ1) is 42.6. The average molecular weight is 1210 g/mol. The first-order valence-corrected chi connectivity index (χ1v) is 32.7. The topological polar surface area (TPSA) is 179 Å². The van der Waals surface area contributed by atoms with Gasteiger partial charge in [0.2, 0.25) is 0 Å². The summed E-state index contributed by atoms with van der Waals surface area (Å²) in [5.41, 5.74) is 1.49. The summed E-state index contributed by atoms with van der Waals surface area (Å²) in [5.74, 6) is -2.76. The van der Waals surface area contributed by atoms with Crippen LogP contribution in [0.15, 0.2) is 121 Å². The summed E-state index contributed by atoms with van der Waals surface area (Å²) < 4.78 is 81.9. The van der Waals surface area contributed by atoms with Gasteiger partial charge >= 0.3 is 23.9 Å². The van der Waals surface area contributed by atoms with Crippen molar-refractivity contribution in [2.75, 3.05) is 26.4 Å². The molecule has 0 aromatic heterocycles. The van der Waals surface area contributed by atoms with Gasteiger partial charge in [-0.3, -0.25) is 0 Å². The van der Waals surface area contributed by atoms with Crippen LogP contribution in [0, 0.1) is 11.8 Å². The fraction of sp³-hybridized carbons (Fsp3) is 0.606. The Morgan fingerprint density at radius 2 is 1.02 bits per heavy atom. The van der Waals surface area contributed by atoms with Crippen molar-refractivity contribution in [1.82, 2.24) is 0 Å². The third-order valence-electron chi connectivity index (χ3n) is 17.1. The van der Waals surface area contributed by atoms with E-state index in [0.717, 1.165) is 108 Å².